The average molecular weight is 474 g/mol. The molecule has 1 aliphatic heterocycles. The van der Waals surface area contributed by atoms with Gasteiger partial charge in [-0.3, -0.25) is 4.79 Å². The number of hydrogen-bond acceptors (Lipinski definition) is 5. The van der Waals surface area contributed by atoms with Gasteiger partial charge < -0.3 is 24.2 Å². The minimum atomic E-state index is -1.31. The highest BCUT2D eigenvalue weighted by atomic mass is 19.1. The van der Waals surface area contributed by atoms with Crippen molar-refractivity contribution in [3.05, 3.63) is 39.4 Å². The lowest BCUT2D eigenvalue weighted by atomic mass is 10.0. The Morgan fingerprint density at radius 3 is 2.50 bits per heavy atom. The van der Waals surface area contributed by atoms with E-state index in [1.54, 1.807) is 23.4 Å². The largest absolute Gasteiger partial charge is 0.477 e. The van der Waals surface area contributed by atoms with Gasteiger partial charge >= 0.3 is 12.1 Å². The first-order valence-electron chi connectivity index (χ1n) is 11.7. The summed E-state index contributed by atoms with van der Waals surface area (Å²) in [6.45, 7) is 8.94. The molecule has 34 heavy (non-hydrogen) atoms. The summed E-state index contributed by atoms with van der Waals surface area (Å²) in [5.41, 5.74) is 0.224. The van der Waals surface area contributed by atoms with E-state index in [2.05, 4.69) is 0 Å². The molecule has 1 saturated heterocycles. The van der Waals surface area contributed by atoms with Crippen molar-refractivity contribution in [3.63, 3.8) is 0 Å². The molecule has 2 aliphatic rings. The molecule has 1 atom stereocenters. The number of amides is 1. The number of aromatic carboxylic acids is 1. The molecule has 1 aliphatic carbocycles. The molecule has 1 unspecified atom stereocenters. The maximum absolute atomic E-state index is 15.4. The third-order valence-electron chi connectivity index (χ3n) is 6.46. The van der Waals surface area contributed by atoms with Crippen LogP contribution in [0, 0.1) is 18.7 Å². The Balaban J connectivity index is 1.64. The van der Waals surface area contributed by atoms with E-state index in [9.17, 15) is 19.5 Å². The van der Waals surface area contributed by atoms with Crippen molar-refractivity contribution >= 4 is 28.7 Å². The van der Waals surface area contributed by atoms with Gasteiger partial charge in [0.15, 0.2) is 0 Å². The molecule has 1 aromatic heterocycles. The van der Waals surface area contributed by atoms with Gasteiger partial charge in [0.05, 0.1) is 11.2 Å². The summed E-state index contributed by atoms with van der Waals surface area (Å²) in [7, 11) is 1.70. The number of hydrogen-bond donors (Lipinski definition) is 1. The summed E-state index contributed by atoms with van der Waals surface area (Å²) in [5, 5.41) is 9.89. The second-order valence-electron chi connectivity index (χ2n) is 10.5. The van der Waals surface area contributed by atoms with Crippen LogP contribution in [0.2, 0.25) is 0 Å². The molecular formula is C25H32FN3O5. The van der Waals surface area contributed by atoms with Gasteiger partial charge in [0.1, 0.15) is 17.0 Å². The number of carboxylic acid groups (broad SMARTS) is 1. The second-order valence-corrected chi connectivity index (χ2v) is 10.5. The minimum Gasteiger partial charge on any atom is -0.477 e. The highest BCUT2D eigenvalue weighted by Crippen LogP contribution is 2.40. The van der Waals surface area contributed by atoms with Crippen LogP contribution >= 0.6 is 0 Å². The number of anilines is 1. The number of rotatable bonds is 5. The molecule has 2 heterocycles. The van der Waals surface area contributed by atoms with E-state index in [4.69, 9.17) is 4.74 Å². The van der Waals surface area contributed by atoms with Crippen LogP contribution < -0.4 is 10.5 Å². The number of nitrogens with zero attached hydrogens (tertiary/aromatic N) is 3. The fraction of sp³-hybridized carbons (Fsp3) is 0.560. The lowest BCUT2D eigenvalue weighted by Crippen LogP contribution is -2.37. The van der Waals surface area contributed by atoms with Crippen LogP contribution in [-0.4, -0.2) is 58.9 Å². The molecule has 0 spiro atoms. The predicted molar refractivity (Wildman–Crippen MR) is 127 cm³/mol. The highest BCUT2D eigenvalue weighted by molar-refractivity contribution is 5.95. The van der Waals surface area contributed by atoms with Gasteiger partial charge in [-0.05, 0) is 70.6 Å². The number of fused-ring (bicyclic) bond motifs is 1. The summed E-state index contributed by atoms with van der Waals surface area (Å²) in [4.78, 5) is 40.4. The quantitative estimate of drug-likeness (QED) is 0.701. The average Bonchev–Trinajstić information content (AvgIpc) is 3.45. The third-order valence-corrected chi connectivity index (χ3v) is 6.46. The fourth-order valence-electron chi connectivity index (χ4n) is 4.87. The first-order valence-corrected chi connectivity index (χ1v) is 11.7. The molecule has 0 radical (unpaired) electrons. The lowest BCUT2D eigenvalue weighted by molar-refractivity contribution is 0.0277. The second kappa shape index (κ2) is 8.60. The number of carbonyl (C=O) groups is 2. The first kappa shape index (κ1) is 24.0. The molecule has 2 aromatic rings. The maximum Gasteiger partial charge on any atom is 0.410 e. The van der Waals surface area contributed by atoms with Gasteiger partial charge in [-0.1, -0.05) is 0 Å². The summed E-state index contributed by atoms with van der Waals surface area (Å²) < 4.78 is 22.3. The monoisotopic (exact) mass is 473 g/mol. The standard InChI is InChI=1S/C25H32FN3O5/c1-14-20-16(10-18(23(31)32)22(30)29(20)17-6-7-17)11-19(26)21(14)28-9-8-15(13-28)12-27(5)24(33)34-25(2,3)4/h10-11,15,17H,6-9,12-13H2,1-5H3,(H,31,32). The maximum atomic E-state index is 15.4. The zero-order valence-corrected chi connectivity index (χ0v) is 20.4. The van der Waals surface area contributed by atoms with E-state index >= 15 is 4.39 Å². The molecule has 9 heteroatoms. The van der Waals surface area contributed by atoms with Crippen LogP contribution in [0.25, 0.3) is 10.9 Å². The molecule has 1 saturated carbocycles. The molecule has 184 valence electrons. The Hall–Kier alpha value is -3.10. The van der Waals surface area contributed by atoms with Crippen molar-refractivity contribution in [2.75, 3.05) is 31.6 Å². The number of carbonyl (C=O) groups excluding carboxylic acids is 1. The van der Waals surface area contributed by atoms with Crippen molar-refractivity contribution in [1.82, 2.24) is 9.47 Å². The van der Waals surface area contributed by atoms with Crippen molar-refractivity contribution in [3.8, 4) is 0 Å². The van der Waals surface area contributed by atoms with Gasteiger partial charge in [-0.25, -0.2) is 14.0 Å². The molecule has 0 bridgehead atoms. The summed E-state index contributed by atoms with van der Waals surface area (Å²) >= 11 is 0. The summed E-state index contributed by atoms with van der Waals surface area (Å²) in [6.07, 6.45) is 2.00. The van der Waals surface area contributed by atoms with Gasteiger partial charge in [0, 0.05) is 38.1 Å². The number of ether oxygens (including phenoxy) is 1. The fourth-order valence-corrected chi connectivity index (χ4v) is 4.87. The van der Waals surface area contributed by atoms with Gasteiger partial charge in [-0.2, -0.15) is 0 Å². The molecule has 1 aromatic carbocycles. The number of halogens is 1. The zero-order valence-electron chi connectivity index (χ0n) is 20.4. The van der Waals surface area contributed by atoms with E-state index in [1.807, 2.05) is 25.7 Å². The molecule has 4 rings (SSSR count). The van der Waals surface area contributed by atoms with Crippen LogP contribution in [-0.2, 0) is 4.74 Å². The smallest absolute Gasteiger partial charge is 0.410 e. The van der Waals surface area contributed by atoms with Crippen LogP contribution in [0.3, 0.4) is 0 Å². The minimum absolute atomic E-state index is 0.0554. The Labute approximate surface area is 197 Å². The number of carboxylic acids is 1. The molecular weight excluding hydrogens is 441 g/mol. The van der Waals surface area contributed by atoms with E-state index < -0.39 is 22.9 Å². The molecule has 2 fully saturated rings. The topological polar surface area (TPSA) is 92.1 Å². The van der Waals surface area contributed by atoms with Gasteiger partial charge in [-0.15, -0.1) is 0 Å². The van der Waals surface area contributed by atoms with Gasteiger partial charge in [0.25, 0.3) is 5.56 Å². The molecule has 8 nitrogen and oxygen atoms in total. The van der Waals surface area contributed by atoms with E-state index in [1.165, 1.54) is 12.1 Å². The number of benzene rings is 1. The zero-order chi connectivity index (χ0) is 24.9. The Kier molecular flexibility index (Phi) is 6.08. The third kappa shape index (κ3) is 4.60. The van der Waals surface area contributed by atoms with Crippen LogP contribution in [0.1, 0.15) is 62.0 Å². The van der Waals surface area contributed by atoms with Crippen molar-refractivity contribution < 1.29 is 23.8 Å². The van der Waals surface area contributed by atoms with E-state index in [0.29, 0.717) is 41.8 Å². The van der Waals surface area contributed by atoms with Crippen molar-refractivity contribution in [2.45, 2.75) is 58.6 Å². The van der Waals surface area contributed by atoms with Crippen LogP contribution in [0.5, 0.6) is 0 Å². The Bertz CT molecular complexity index is 1210. The molecule has 1 N–H and O–H groups in total. The molecule has 1 amide bonds. The number of aromatic nitrogens is 1. The van der Waals surface area contributed by atoms with Crippen molar-refractivity contribution in [1.29, 1.82) is 0 Å². The lowest BCUT2D eigenvalue weighted by Gasteiger charge is -2.27. The highest BCUT2D eigenvalue weighted by Gasteiger charge is 2.33. The van der Waals surface area contributed by atoms with Crippen LogP contribution in [0.4, 0.5) is 14.9 Å². The number of pyridine rings is 1. The Morgan fingerprint density at radius 2 is 1.91 bits per heavy atom. The SMILES string of the molecule is Cc1c(N2CCC(CN(C)C(=O)OC(C)(C)C)C2)c(F)cc2cc(C(=O)O)c(=O)n(C3CC3)c12. The summed E-state index contributed by atoms with van der Waals surface area (Å²) in [6, 6.07) is 2.56. The first-order chi connectivity index (χ1) is 15.9. The van der Waals surface area contributed by atoms with E-state index in [-0.39, 0.29) is 23.6 Å². The van der Waals surface area contributed by atoms with Crippen molar-refractivity contribution in [2.24, 2.45) is 5.92 Å². The Morgan fingerprint density at radius 1 is 1.24 bits per heavy atom. The van der Waals surface area contributed by atoms with Gasteiger partial charge in [0.2, 0.25) is 0 Å². The normalized spacial score (nSPS) is 18.4. The summed E-state index contributed by atoms with van der Waals surface area (Å²) in [5.74, 6) is -1.60. The van der Waals surface area contributed by atoms with E-state index in [0.717, 1.165) is 19.3 Å². The van der Waals surface area contributed by atoms with Crippen LogP contribution in [0.15, 0.2) is 16.9 Å². The number of aryl methyl sites for hydroxylation is 1. The predicted octanol–water partition coefficient (Wildman–Crippen LogP) is 4.18.